The lowest BCUT2D eigenvalue weighted by Gasteiger charge is -2.23. The topological polar surface area (TPSA) is 41.2 Å². The molecule has 0 aliphatic carbocycles. The van der Waals surface area contributed by atoms with Crippen molar-refractivity contribution in [3.05, 3.63) is 94.8 Å². The van der Waals surface area contributed by atoms with Crippen LogP contribution in [0.5, 0.6) is 0 Å². The molecule has 0 radical (unpaired) electrons. The third-order valence-electron chi connectivity index (χ3n) is 4.98. The fourth-order valence-electron chi connectivity index (χ4n) is 3.38. The molecule has 0 N–H and O–H groups in total. The zero-order valence-corrected chi connectivity index (χ0v) is 16.6. The molecule has 3 rings (SSSR count). The minimum Gasteiger partial charge on any atom is -0.383 e. The van der Waals surface area contributed by atoms with Gasteiger partial charge in [0.15, 0.2) is 0 Å². The first kappa shape index (κ1) is 19.9. The van der Waals surface area contributed by atoms with E-state index in [1.54, 1.807) is 7.11 Å². The average molecular weight is 374 g/mol. The van der Waals surface area contributed by atoms with Gasteiger partial charge >= 0.3 is 0 Å². The zero-order valence-electron chi connectivity index (χ0n) is 16.6. The normalized spacial score (nSPS) is 10.9. The van der Waals surface area contributed by atoms with E-state index < -0.39 is 0 Å². The van der Waals surface area contributed by atoms with Crippen LogP contribution in [0.1, 0.15) is 27.9 Å². The molecule has 144 valence electrons. The van der Waals surface area contributed by atoms with Crippen LogP contribution in [0.2, 0.25) is 0 Å². The van der Waals surface area contributed by atoms with E-state index in [1.807, 2.05) is 18.2 Å². The van der Waals surface area contributed by atoms with Crippen LogP contribution in [0.25, 0.3) is 0 Å². The van der Waals surface area contributed by atoms with Gasteiger partial charge in [0.25, 0.3) is 0 Å². The first-order chi connectivity index (χ1) is 13.7. The molecule has 1 heterocycles. The summed E-state index contributed by atoms with van der Waals surface area (Å²) in [4.78, 5) is 2.36. The molecule has 0 atom stereocenters. The Morgan fingerprint density at radius 2 is 1.89 bits per heavy atom. The van der Waals surface area contributed by atoms with E-state index >= 15 is 0 Å². The predicted octanol–water partition coefficient (Wildman–Crippen LogP) is 4.37. The molecule has 0 saturated carbocycles. The maximum Gasteiger partial charge on any atom is 0.0991 e. The summed E-state index contributed by atoms with van der Waals surface area (Å²) in [6.45, 7) is 6.16. The van der Waals surface area contributed by atoms with Gasteiger partial charge in [-0.25, -0.2) is 0 Å². The van der Waals surface area contributed by atoms with Crippen molar-refractivity contribution in [3.8, 4) is 6.07 Å². The van der Waals surface area contributed by atoms with E-state index in [4.69, 9.17) is 10.00 Å². The quantitative estimate of drug-likeness (QED) is 0.559. The lowest BCUT2D eigenvalue weighted by molar-refractivity contribution is 0.138. The fourth-order valence-corrected chi connectivity index (χ4v) is 3.38. The van der Waals surface area contributed by atoms with E-state index in [0.29, 0.717) is 12.2 Å². The number of hydrogen-bond donors (Lipinski definition) is 0. The summed E-state index contributed by atoms with van der Waals surface area (Å²) < 4.78 is 7.63. The molecular formula is C24H27N3O. The van der Waals surface area contributed by atoms with E-state index in [2.05, 4.69) is 71.1 Å². The second kappa shape index (κ2) is 9.89. The summed E-state index contributed by atoms with van der Waals surface area (Å²) in [6, 6.07) is 22.9. The van der Waals surface area contributed by atoms with E-state index in [9.17, 15) is 0 Å². The van der Waals surface area contributed by atoms with E-state index in [0.717, 1.165) is 31.7 Å². The summed E-state index contributed by atoms with van der Waals surface area (Å²) >= 11 is 0. The second-order valence-electron chi connectivity index (χ2n) is 7.07. The molecule has 0 fully saturated rings. The van der Waals surface area contributed by atoms with Crippen LogP contribution in [0.15, 0.2) is 66.9 Å². The Morgan fingerprint density at radius 1 is 1.04 bits per heavy atom. The van der Waals surface area contributed by atoms with Gasteiger partial charge < -0.3 is 9.30 Å². The van der Waals surface area contributed by atoms with Crippen molar-refractivity contribution in [2.75, 3.05) is 20.3 Å². The van der Waals surface area contributed by atoms with Gasteiger partial charge in [-0.05, 0) is 47.9 Å². The molecule has 4 heteroatoms. The molecule has 4 nitrogen and oxygen atoms in total. The Hall–Kier alpha value is -2.87. The molecule has 0 aliphatic heterocycles. The van der Waals surface area contributed by atoms with Crippen molar-refractivity contribution >= 4 is 0 Å². The molecule has 1 aromatic heterocycles. The van der Waals surface area contributed by atoms with Gasteiger partial charge in [0, 0.05) is 45.2 Å². The Balaban J connectivity index is 1.75. The van der Waals surface area contributed by atoms with Gasteiger partial charge in [-0.1, -0.05) is 36.4 Å². The Kier molecular flexibility index (Phi) is 7.02. The van der Waals surface area contributed by atoms with Crippen molar-refractivity contribution in [2.24, 2.45) is 0 Å². The minimum atomic E-state index is 0.677. The first-order valence-corrected chi connectivity index (χ1v) is 9.58. The molecule has 0 unspecified atom stereocenters. The molecule has 2 aromatic carbocycles. The van der Waals surface area contributed by atoms with Crippen LogP contribution in [0.3, 0.4) is 0 Å². The zero-order chi connectivity index (χ0) is 19.8. The SMILES string of the molecule is COCCN(Cc1cccc(C#N)c1)Cc1cccn1Cc1ccccc1C. The Morgan fingerprint density at radius 3 is 2.68 bits per heavy atom. The van der Waals surface area contributed by atoms with Crippen LogP contribution in [0.4, 0.5) is 0 Å². The third kappa shape index (κ3) is 5.32. The smallest absolute Gasteiger partial charge is 0.0991 e. The van der Waals surface area contributed by atoms with Crippen LogP contribution in [0, 0.1) is 18.3 Å². The highest BCUT2D eigenvalue weighted by atomic mass is 16.5. The number of rotatable bonds is 9. The Labute approximate surface area is 167 Å². The van der Waals surface area contributed by atoms with Crippen molar-refractivity contribution in [1.82, 2.24) is 9.47 Å². The number of benzene rings is 2. The highest BCUT2D eigenvalue weighted by Crippen LogP contribution is 2.15. The lowest BCUT2D eigenvalue weighted by atomic mass is 10.1. The summed E-state index contributed by atoms with van der Waals surface area (Å²) in [7, 11) is 1.73. The van der Waals surface area contributed by atoms with Gasteiger partial charge in [0.05, 0.1) is 18.2 Å². The van der Waals surface area contributed by atoms with Gasteiger partial charge in [0.2, 0.25) is 0 Å². The molecule has 0 spiro atoms. The number of aryl methyl sites for hydroxylation is 1. The molecule has 3 aromatic rings. The third-order valence-corrected chi connectivity index (χ3v) is 4.98. The highest BCUT2D eigenvalue weighted by molar-refractivity contribution is 5.32. The minimum absolute atomic E-state index is 0.677. The molecular weight excluding hydrogens is 346 g/mol. The summed E-state index contributed by atoms with van der Waals surface area (Å²) in [5.41, 5.74) is 5.77. The summed E-state index contributed by atoms with van der Waals surface area (Å²) in [6.07, 6.45) is 2.15. The van der Waals surface area contributed by atoms with E-state index in [-0.39, 0.29) is 0 Å². The maximum absolute atomic E-state index is 9.16. The van der Waals surface area contributed by atoms with Crippen LogP contribution >= 0.6 is 0 Å². The number of methoxy groups -OCH3 is 1. The number of nitriles is 1. The fraction of sp³-hybridized carbons (Fsp3) is 0.292. The van der Waals surface area contributed by atoms with Crippen LogP contribution in [-0.4, -0.2) is 29.7 Å². The molecule has 28 heavy (non-hydrogen) atoms. The number of nitrogens with zero attached hydrogens (tertiary/aromatic N) is 3. The number of aromatic nitrogens is 1. The Bertz CT molecular complexity index is 939. The van der Waals surface area contributed by atoms with Gasteiger partial charge in [-0.15, -0.1) is 0 Å². The molecule has 0 bridgehead atoms. The monoisotopic (exact) mass is 373 g/mol. The average Bonchev–Trinajstić information content (AvgIpc) is 3.14. The van der Waals surface area contributed by atoms with Crippen LogP contribution in [-0.2, 0) is 24.4 Å². The molecule has 0 saturated heterocycles. The maximum atomic E-state index is 9.16. The number of ether oxygens (including phenoxy) is 1. The van der Waals surface area contributed by atoms with E-state index in [1.165, 1.54) is 16.8 Å². The van der Waals surface area contributed by atoms with Gasteiger partial charge in [-0.3, -0.25) is 4.90 Å². The lowest BCUT2D eigenvalue weighted by Crippen LogP contribution is -2.27. The molecule has 0 amide bonds. The number of hydrogen-bond acceptors (Lipinski definition) is 3. The van der Waals surface area contributed by atoms with Crippen molar-refractivity contribution in [2.45, 2.75) is 26.6 Å². The van der Waals surface area contributed by atoms with Crippen molar-refractivity contribution < 1.29 is 4.74 Å². The highest BCUT2D eigenvalue weighted by Gasteiger charge is 2.11. The summed E-state index contributed by atoms with van der Waals surface area (Å²) in [5, 5.41) is 9.16. The standard InChI is InChI=1S/C24H27N3O/c1-20-7-3-4-10-23(20)18-27-12-6-11-24(27)19-26(13-14-28-2)17-22-9-5-8-21(15-22)16-25/h3-12,15H,13-14,17-19H2,1-2H3. The first-order valence-electron chi connectivity index (χ1n) is 9.58. The largest absolute Gasteiger partial charge is 0.383 e. The predicted molar refractivity (Wildman–Crippen MR) is 112 cm³/mol. The second-order valence-corrected chi connectivity index (χ2v) is 7.07. The van der Waals surface area contributed by atoms with Crippen molar-refractivity contribution in [3.63, 3.8) is 0 Å². The van der Waals surface area contributed by atoms with Crippen LogP contribution < -0.4 is 0 Å². The van der Waals surface area contributed by atoms with Gasteiger partial charge in [-0.2, -0.15) is 5.26 Å². The van der Waals surface area contributed by atoms with Crippen molar-refractivity contribution in [1.29, 1.82) is 5.26 Å². The summed E-state index contributed by atoms with van der Waals surface area (Å²) in [5.74, 6) is 0. The van der Waals surface area contributed by atoms with Gasteiger partial charge in [0.1, 0.15) is 0 Å². The molecule has 0 aliphatic rings.